The molecule has 140 valence electrons. The molecule has 4 bridgehead atoms. The monoisotopic (exact) mass is 346 g/mol. The third-order valence-corrected chi connectivity index (χ3v) is 10.3. The summed E-state index contributed by atoms with van der Waals surface area (Å²) < 4.78 is 5.47. The van der Waals surface area contributed by atoms with Crippen molar-refractivity contribution >= 4 is 5.97 Å². The summed E-state index contributed by atoms with van der Waals surface area (Å²) in [6.45, 7) is 9.13. The molecule has 6 fully saturated rings. The molecule has 3 nitrogen and oxygen atoms in total. The van der Waals surface area contributed by atoms with E-state index < -0.39 is 0 Å². The summed E-state index contributed by atoms with van der Waals surface area (Å²) in [6.07, 6.45) is 8.57. The van der Waals surface area contributed by atoms with Crippen LogP contribution in [-0.4, -0.2) is 23.8 Å². The third kappa shape index (κ3) is 1.84. The topological polar surface area (TPSA) is 46.5 Å². The quantitative estimate of drug-likeness (QED) is 0.763. The second kappa shape index (κ2) is 4.64. The lowest BCUT2D eigenvalue weighted by Crippen LogP contribution is -2.62. The Hall–Kier alpha value is -0.570. The van der Waals surface area contributed by atoms with Crippen LogP contribution in [0, 0.1) is 45.3 Å². The molecule has 1 spiro atoms. The van der Waals surface area contributed by atoms with Gasteiger partial charge < -0.3 is 9.84 Å². The highest BCUT2D eigenvalue weighted by Gasteiger charge is 2.78. The number of aliphatic hydroxyl groups is 1. The molecular formula is C22H34O3. The predicted octanol–water partition coefficient (Wildman–Crippen LogP) is 4.18. The number of rotatable bonds is 2. The summed E-state index contributed by atoms with van der Waals surface area (Å²) in [4.78, 5) is 11.4. The average molecular weight is 347 g/mol. The van der Waals surface area contributed by atoms with Crippen LogP contribution in [0.1, 0.15) is 72.6 Å². The maximum atomic E-state index is 11.4. The lowest BCUT2D eigenvalue weighted by Gasteiger charge is -2.66. The first-order valence-electron chi connectivity index (χ1n) is 10.5. The van der Waals surface area contributed by atoms with Gasteiger partial charge in [0.05, 0.1) is 12.7 Å². The fourth-order valence-electron chi connectivity index (χ4n) is 9.11. The maximum absolute atomic E-state index is 11.4. The van der Waals surface area contributed by atoms with Crippen LogP contribution in [-0.2, 0) is 9.53 Å². The fraction of sp³-hybridized carbons (Fsp3) is 0.955. The summed E-state index contributed by atoms with van der Waals surface area (Å²) in [5.74, 6) is 3.06. The standard InChI is InChI=1S/C22H34O3/c1-13(23)25-12-21(4)16-5-8-22-10-15-14(20(15,3)11-22)9-17(22)19(16,2)7-6-18(21)24/h14-18,24H,5-12H2,1-4H3/t14-,15+,16+,17+,18-,19-,20-,21-,22+/m1/s1. The van der Waals surface area contributed by atoms with Gasteiger partial charge in [-0.05, 0) is 84.9 Å². The van der Waals surface area contributed by atoms with Crippen molar-refractivity contribution in [3.63, 3.8) is 0 Å². The van der Waals surface area contributed by atoms with E-state index in [2.05, 4.69) is 20.8 Å². The number of hydrogen-bond acceptors (Lipinski definition) is 3. The molecule has 0 aromatic carbocycles. The van der Waals surface area contributed by atoms with Crippen molar-refractivity contribution in [2.45, 2.75) is 78.7 Å². The SMILES string of the molecule is CC(=O)OC[C@]1(C)[C@H]2CC[C@@]34C[C@H]5[C@@H](C[C@H]3[C@]2(C)CC[C@H]1O)[C@@]5(C)C4. The first kappa shape index (κ1) is 16.6. The van der Waals surface area contributed by atoms with Crippen molar-refractivity contribution < 1.29 is 14.6 Å². The Kier molecular flexibility index (Phi) is 3.08. The number of hydrogen-bond donors (Lipinski definition) is 1. The Bertz CT molecular complexity index is 631. The summed E-state index contributed by atoms with van der Waals surface area (Å²) >= 11 is 0. The summed E-state index contributed by atoms with van der Waals surface area (Å²) in [6, 6.07) is 0. The lowest BCUT2D eigenvalue weighted by atomic mass is 9.39. The smallest absolute Gasteiger partial charge is 0.302 e. The van der Waals surface area contributed by atoms with Gasteiger partial charge in [0.25, 0.3) is 0 Å². The van der Waals surface area contributed by atoms with Crippen molar-refractivity contribution in [2.75, 3.05) is 6.61 Å². The number of fused-ring (bicyclic) bond motifs is 1. The molecule has 6 aliphatic rings. The largest absolute Gasteiger partial charge is 0.465 e. The van der Waals surface area contributed by atoms with Gasteiger partial charge >= 0.3 is 5.97 Å². The molecular weight excluding hydrogens is 312 g/mol. The molecule has 0 aromatic heterocycles. The number of carbonyl (C=O) groups is 1. The minimum absolute atomic E-state index is 0.221. The van der Waals surface area contributed by atoms with Crippen molar-refractivity contribution in [1.82, 2.24) is 0 Å². The minimum Gasteiger partial charge on any atom is -0.465 e. The fourth-order valence-corrected chi connectivity index (χ4v) is 9.11. The second-order valence-corrected chi connectivity index (χ2v) is 11.2. The Morgan fingerprint density at radius 2 is 1.84 bits per heavy atom. The first-order chi connectivity index (χ1) is 11.7. The van der Waals surface area contributed by atoms with E-state index in [4.69, 9.17) is 4.74 Å². The number of aliphatic hydroxyl groups excluding tert-OH is 1. The lowest BCUT2D eigenvalue weighted by molar-refractivity contribution is -0.210. The van der Waals surface area contributed by atoms with Crippen LogP contribution in [0.25, 0.3) is 0 Å². The third-order valence-electron chi connectivity index (χ3n) is 10.3. The average Bonchev–Trinajstić information content (AvgIpc) is 3.00. The Labute approximate surface area is 151 Å². The van der Waals surface area contributed by atoms with Crippen LogP contribution in [0.3, 0.4) is 0 Å². The van der Waals surface area contributed by atoms with Gasteiger partial charge in [0, 0.05) is 12.3 Å². The molecule has 0 aliphatic heterocycles. The van der Waals surface area contributed by atoms with Crippen LogP contribution < -0.4 is 0 Å². The second-order valence-electron chi connectivity index (χ2n) is 11.2. The zero-order valence-electron chi connectivity index (χ0n) is 16.3. The van der Waals surface area contributed by atoms with Crippen molar-refractivity contribution in [1.29, 1.82) is 0 Å². The van der Waals surface area contributed by atoms with Gasteiger partial charge in [-0.3, -0.25) is 4.79 Å². The number of esters is 1. The highest BCUT2D eigenvalue weighted by atomic mass is 16.5. The highest BCUT2D eigenvalue weighted by Crippen LogP contribution is 2.85. The summed E-state index contributed by atoms with van der Waals surface area (Å²) in [5.41, 5.74) is 1.29. The molecule has 0 radical (unpaired) electrons. The molecule has 9 atom stereocenters. The Morgan fingerprint density at radius 3 is 2.48 bits per heavy atom. The molecule has 25 heavy (non-hydrogen) atoms. The molecule has 0 aromatic rings. The van der Waals surface area contributed by atoms with E-state index in [0.717, 1.165) is 30.6 Å². The van der Waals surface area contributed by atoms with Crippen LogP contribution >= 0.6 is 0 Å². The number of ether oxygens (including phenoxy) is 1. The van der Waals surface area contributed by atoms with Gasteiger partial charge in [-0.1, -0.05) is 20.8 Å². The Balaban J connectivity index is 1.48. The zero-order chi connectivity index (χ0) is 17.8. The predicted molar refractivity (Wildman–Crippen MR) is 95.7 cm³/mol. The zero-order valence-corrected chi connectivity index (χ0v) is 16.3. The highest BCUT2D eigenvalue weighted by molar-refractivity contribution is 5.65. The maximum Gasteiger partial charge on any atom is 0.302 e. The molecule has 6 rings (SSSR count). The molecule has 3 heteroatoms. The van der Waals surface area contributed by atoms with E-state index in [9.17, 15) is 9.90 Å². The van der Waals surface area contributed by atoms with E-state index in [-0.39, 0.29) is 17.5 Å². The van der Waals surface area contributed by atoms with Gasteiger partial charge in [-0.25, -0.2) is 0 Å². The molecule has 0 saturated heterocycles. The van der Waals surface area contributed by atoms with E-state index in [0.29, 0.717) is 28.8 Å². The molecule has 0 heterocycles. The van der Waals surface area contributed by atoms with Crippen molar-refractivity contribution in [3.05, 3.63) is 0 Å². The normalized spacial score (nSPS) is 61.2. The summed E-state index contributed by atoms with van der Waals surface area (Å²) in [5, 5.41) is 10.9. The van der Waals surface area contributed by atoms with E-state index in [1.807, 2.05) is 0 Å². The van der Waals surface area contributed by atoms with Crippen LogP contribution in [0.15, 0.2) is 0 Å². The van der Waals surface area contributed by atoms with E-state index in [1.54, 1.807) is 0 Å². The van der Waals surface area contributed by atoms with Crippen LogP contribution in [0.4, 0.5) is 0 Å². The molecule has 0 unspecified atom stereocenters. The Morgan fingerprint density at radius 1 is 1.08 bits per heavy atom. The van der Waals surface area contributed by atoms with Crippen molar-refractivity contribution in [2.24, 2.45) is 45.3 Å². The van der Waals surface area contributed by atoms with Crippen LogP contribution in [0.5, 0.6) is 0 Å². The number of carbonyl (C=O) groups excluding carboxylic acids is 1. The molecule has 6 saturated carbocycles. The van der Waals surface area contributed by atoms with E-state index in [1.165, 1.54) is 39.0 Å². The molecule has 6 aliphatic carbocycles. The van der Waals surface area contributed by atoms with Gasteiger partial charge in [0.15, 0.2) is 0 Å². The van der Waals surface area contributed by atoms with Gasteiger partial charge in [-0.2, -0.15) is 0 Å². The van der Waals surface area contributed by atoms with Gasteiger partial charge in [0.1, 0.15) is 0 Å². The van der Waals surface area contributed by atoms with Crippen molar-refractivity contribution in [3.8, 4) is 0 Å². The van der Waals surface area contributed by atoms with Gasteiger partial charge in [0.2, 0.25) is 0 Å². The molecule has 1 N–H and O–H groups in total. The minimum atomic E-state index is -0.345. The molecule has 0 amide bonds. The van der Waals surface area contributed by atoms with Crippen LogP contribution in [0.2, 0.25) is 0 Å². The van der Waals surface area contributed by atoms with Gasteiger partial charge in [-0.15, -0.1) is 0 Å². The summed E-state index contributed by atoms with van der Waals surface area (Å²) in [7, 11) is 0. The first-order valence-corrected chi connectivity index (χ1v) is 10.5. The van der Waals surface area contributed by atoms with E-state index >= 15 is 0 Å².